The average Bonchev–Trinajstić information content (AvgIpc) is 2.71. The Labute approximate surface area is 125 Å². The van der Waals surface area contributed by atoms with Gasteiger partial charge in [0.25, 0.3) is 0 Å². The van der Waals surface area contributed by atoms with Crippen LogP contribution in [0.2, 0.25) is 0 Å². The van der Waals surface area contributed by atoms with Crippen molar-refractivity contribution in [3.63, 3.8) is 0 Å². The van der Waals surface area contributed by atoms with Gasteiger partial charge >= 0.3 is 0 Å². The molecule has 3 nitrogen and oxygen atoms in total. The maximum absolute atomic E-state index is 5.98. The number of halogens is 2. The minimum Gasteiger partial charge on any atom is -0.451 e. The molecule has 5 heteroatoms. The second-order valence-corrected chi connectivity index (χ2v) is 6.39. The molecule has 1 saturated heterocycles. The van der Waals surface area contributed by atoms with Crippen molar-refractivity contribution in [2.24, 2.45) is 5.73 Å². The molecule has 2 N–H and O–H groups in total. The summed E-state index contributed by atoms with van der Waals surface area (Å²) in [6, 6.07) is 2.86. The van der Waals surface area contributed by atoms with E-state index in [1.807, 2.05) is 6.07 Å². The van der Waals surface area contributed by atoms with E-state index < -0.39 is 0 Å². The fraction of sp³-hybridized carbons (Fsp3) is 0.692. The minimum atomic E-state index is 0.192. The third kappa shape index (κ3) is 3.00. The summed E-state index contributed by atoms with van der Waals surface area (Å²) in [6.45, 7) is 3.98. The van der Waals surface area contributed by atoms with Crippen molar-refractivity contribution in [1.82, 2.24) is 4.90 Å². The summed E-state index contributed by atoms with van der Waals surface area (Å²) < 4.78 is 7.47. The summed E-state index contributed by atoms with van der Waals surface area (Å²) in [5.41, 5.74) is 5.98. The van der Waals surface area contributed by atoms with Crippen molar-refractivity contribution in [1.29, 1.82) is 0 Å². The summed E-state index contributed by atoms with van der Waals surface area (Å²) in [4.78, 5) is 2.52. The predicted octanol–water partition coefficient (Wildman–Crippen LogP) is 4.07. The predicted molar refractivity (Wildman–Crippen MR) is 80.5 cm³/mol. The number of likely N-dealkylation sites (tertiary alicyclic amines) is 1. The number of hydrogen-bond acceptors (Lipinski definition) is 3. The van der Waals surface area contributed by atoms with Gasteiger partial charge in [-0.15, -0.1) is 0 Å². The van der Waals surface area contributed by atoms with Crippen LogP contribution >= 0.6 is 31.9 Å². The van der Waals surface area contributed by atoms with Gasteiger partial charge in [-0.3, -0.25) is 4.90 Å². The monoisotopic (exact) mass is 378 g/mol. The first kappa shape index (κ1) is 14.6. The molecule has 18 heavy (non-hydrogen) atoms. The van der Waals surface area contributed by atoms with E-state index in [1.165, 1.54) is 25.7 Å². The van der Waals surface area contributed by atoms with Crippen LogP contribution in [0, 0.1) is 0 Å². The Morgan fingerprint density at radius 3 is 2.83 bits per heavy atom. The lowest BCUT2D eigenvalue weighted by atomic mass is 9.97. The lowest BCUT2D eigenvalue weighted by Crippen LogP contribution is -2.44. The van der Waals surface area contributed by atoms with E-state index in [1.54, 1.807) is 0 Å². The van der Waals surface area contributed by atoms with Gasteiger partial charge in [0.05, 0.1) is 10.5 Å². The largest absolute Gasteiger partial charge is 0.451 e. The molecule has 2 atom stereocenters. The molecule has 1 aromatic rings. The van der Waals surface area contributed by atoms with E-state index in [0.29, 0.717) is 12.6 Å². The van der Waals surface area contributed by atoms with Gasteiger partial charge < -0.3 is 10.2 Å². The van der Waals surface area contributed by atoms with Crippen molar-refractivity contribution in [3.05, 3.63) is 21.0 Å². The van der Waals surface area contributed by atoms with Crippen molar-refractivity contribution in [3.8, 4) is 0 Å². The van der Waals surface area contributed by atoms with Gasteiger partial charge in [0.15, 0.2) is 4.67 Å². The summed E-state index contributed by atoms with van der Waals surface area (Å²) in [5.74, 6) is 0.955. The molecule has 0 radical (unpaired) electrons. The first-order chi connectivity index (χ1) is 8.67. The number of nitrogens with two attached hydrogens (primary N) is 1. The van der Waals surface area contributed by atoms with E-state index in [4.69, 9.17) is 10.2 Å². The standard InChI is InChI=1S/C13H20Br2N2O/c1-2-9-5-3-4-6-17(9)11(8-16)12-7-10(14)13(15)18-12/h7,9,11H,2-6,8,16H2,1H3. The molecule has 0 bridgehead atoms. The molecular formula is C13H20Br2N2O. The van der Waals surface area contributed by atoms with Crippen molar-refractivity contribution < 1.29 is 4.42 Å². The third-order valence-corrected chi connectivity index (χ3v) is 5.47. The van der Waals surface area contributed by atoms with Crippen molar-refractivity contribution in [2.75, 3.05) is 13.1 Å². The molecule has 1 aromatic heterocycles. The zero-order valence-corrected chi connectivity index (χ0v) is 13.8. The summed E-state index contributed by atoms with van der Waals surface area (Å²) in [5, 5.41) is 0. The highest BCUT2D eigenvalue weighted by Crippen LogP contribution is 2.35. The zero-order chi connectivity index (χ0) is 13.1. The van der Waals surface area contributed by atoms with Crippen LogP contribution in [-0.4, -0.2) is 24.0 Å². The van der Waals surface area contributed by atoms with Gasteiger partial charge in [-0.1, -0.05) is 13.3 Å². The van der Waals surface area contributed by atoms with Gasteiger partial charge in [-0.05, 0) is 63.7 Å². The maximum atomic E-state index is 5.98. The van der Waals surface area contributed by atoms with E-state index in [2.05, 4.69) is 43.7 Å². The van der Waals surface area contributed by atoms with Crippen LogP contribution in [0.15, 0.2) is 19.6 Å². The van der Waals surface area contributed by atoms with Crippen molar-refractivity contribution in [2.45, 2.75) is 44.7 Å². The molecule has 0 spiro atoms. The first-order valence-corrected chi connectivity index (χ1v) is 8.16. The Kier molecular flexibility index (Phi) is 5.30. The molecule has 1 aliphatic heterocycles. The number of piperidine rings is 1. The summed E-state index contributed by atoms with van der Waals surface area (Å²) >= 11 is 6.87. The molecule has 0 aromatic carbocycles. The SMILES string of the molecule is CCC1CCCCN1C(CN)c1cc(Br)c(Br)o1. The Hall–Kier alpha value is 0.160. The molecule has 2 unspecified atom stereocenters. The molecular weight excluding hydrogens is 360 g/mol. The Bertz CT molecular complexity index is 375. The van der Waals surface area contributed by atoms with Gasteiger partial charge in [0.2, 0.25) is 0 Å². The molecule has 2 rings (SSSR count). The van der Waals surface area contributed by atoms with Crippen LogP contribution in [0.25, 0.3) is 0 Å². The average molecular weight is 380 g/mol. The highest BCUT2D eigenvalue weighted by Gasteiger charge is 2.30. The second kappa shape index (κ2) is 6.55. The number of nitrogens with zero attached hydrogens (tertiary/aromatic N) is 1. The van der Waals surface area contributed by atoms with E-state index >= 15 is 0 Å². The van der Waals surface area contributed by atoms with E-state index in [0.717, 1.165) is 21.4 Å². The second-order valence-electron chi connectivity index (χ2n) is 4.82. The maximum Gasteiger partial charge on any atom is 0.183 e. The molecule has 102 valence electrons. The van der Waals surface area contributed by atoms with Gasteiger partial charge in [0, 0.05) is 12.6 Å². The van der Waals surface area contributed by atoms with E-state index in [9.17, 15) is 0 Å². The quantitative estimate of drug-likeness (QED) is 0.857. The molecule has 0 amide bonds. The first-order valence-electron chi connectivity index (χ1n) is 6.57. The minimum absolute atomic E-state index is 0.192. The summed E-state index contributed by atoms with van der Waals surface area (Å²) in [6.07, 6.45) is 5.05. The molecule has 1 fully saturated rings. The molecule has 0 saturated carbocycles. The highest BCUT2D eigenvalue weighted by molar-refractivity contribution is 9.13. The topological polar surface area (TPSA) is 42.4 Å². The third-order valence-electron chi connectivity index (χ3n) is 3.76. The van der Waals surface area contributed by atoms with Crippen molar-refractivity contribution >= 4 is 31.9 Å². The normalized spacial score (nSPS) is 23.2. The molecule has 0 aliphatic carbocycles. The van der Waals surface area contributed by atoms with Crippen LogP contribution in [0.1, 0.15) is 44.4 Å². The van der Waals surface area contributed by atoms with Crippen LogP contribution in [0.4, 0.5) is 0 Å². The van der Waals surface area contributed by atoms with Gasteiger partial charge in [0.1, 0.15) is 5.76 Å². The van der Waals surface area contributed by atoms with Crippen LogP contribution in [-0.2, 0) is 0 Å². The number of hydrogen-bond donors (Lipinski definition) is 1. The molecule has 1 aliphatic rings. The fourth-order valence-corrected chi connectivity index (χ4v) is 3.42. The number of rotatable bonds is 4. The van der Waals surface area contributed by atoms with E-state index in [-0.39, 0.29) is 6.04 Å². The fourth-order valence-electron chi connectivity index (χ4n) is 2.81. The lowest BCUT2D eigenvalue weighted by molar-refractivity contribution is 0.0828. The number of furan rings is 1. The Morgan fingerprint density at radius 1 is 1.50 bits per heavy atom. The van der Waals surface area contributed by atoms with Gasteiger partial charge in [-0.25, -0.2) is 0 Å². The Morgan fingerprint density at radius 2 is 2.28 bits per heavy atom. The Balaban J connectivity index is 2.21. The summed E-state index contributed by atoms with van der Waals surface area (Å²) in [7, 11) is 0. The van der Waals surface area contributed by atoms with Crippen LogP contribution in [0.3, 0.4) is 0 Å². The van der Waals surface area contributed by atoms with Crippen LogP contribution in [0.5, 0.6) is 0 Å². The van der Waals surface area contributed by atoms with Crippen LogP contribution < -0.4 is 5.73 Å². The lowest BCUT2D eigenvalue weighted by Gasteiger charge is -2.39. The highest BCUT2D eigenvalue weighted by atomic mass is 79.9. The zero-order valence-electron chi connectivity index (χ0n) is 10.7. The molecule has 2 heterocycles. The van der Waals surface area contributed by atoms with Gasteiger partial charge in [-0.2, -0.15) is 0 Å². The smallest absolute Gasteiger partial charge is 0.183 e.